The van der Waals surface area contributed by atoms with E-state index in [9.17, 15) is 8.78 Å². The van der Waals surface area contributed by atoms with Crippen LogP contribution in [-0.2, 0) is 6.42 Å². The number of nitrogen functional groups attached to an aromatic ring is 1. The number of hydrogen-bond acceptors (Lipinski definition) is 3. The van der Waals surface area contributed by atoms with Crippen LogP contribution in [0.1, 0.15) is 17.7 Å². The van der Waals surface area contributed by atoms with Gasteiger partial charge in [-0.25, -0.2) is 13.8 Å². The van der Waals surface area contributed by atoms with Crippen molar-refractivity contribution in [1.82, 2.24) is 4.98 Å². The van der Waals surface area contributed by atoms with Crippen molar-refractivity contribution in [1.29, 1.82) is 5.26 Å². The molecule has 3 nitrogen and oxygen atoms in total. The summed E-state index contributed by atoms with van der Waals surface area (Å²) in [5.41, 5.74) is 4.77. The molecule has 0 amide bonds. The van der Waals surface area contributed by atoms with E-state index in [4.69, 9.17) is 22.6 Å². The molecule has 2 N–H and O–H groups in total. The van der Waals surface area contributed by atoms with Crippen LogP contribution in [0.4, 0.5) is 14.6 Å². The Hall–Kier alpha value is -1.41. The second-order valence-electron chi connectivity index (χ2n) is 2.53. The van der Waals surface area contributed by atoms with Gasteiger partial charge in [0.2, 0.25) is 0 Å². The number of pyridine rings is 1. The van der Waals surface area contributed by atoms with Crippen LogP contribution in [0.15, 0.2) is 6.07 Å². The van der Waals surface area contributed by atoms with Crippen molar-refractivity contribution < 1.29 is 8.78 Å². The number of hydrogen-bond donors (Lipinski definition) is 1. The first-order valence-electron chi connectivity index (χ1n) is 3.66. The summed E-state index contributed by atoms with van der Waals surface area (Å²) in [6.07, 6.45) is -2.98. The summed E-state index contributed by atoms with van der Waals surface area (Å²) in [7, 11) is 0. The summed E-state index contributed by atoms with van der Waals surface area (Å²) < 4.78 is 24.8. The second-order valence-corrected chi connectivity index (χ2v) is 2.94. The van der Waals surface area contributed by atoms with E-state index in [0.29, 0.717) is 0 Å². The predicted octanol–water partition coefficient (Wildman–Crippen LogP) is 2.32. The van der Waals surface area contributed by atoms with E-state index in [1.54, 1.807) is 6.07 Å². The molecule has 0 atom stereocenters. The average Bonchev–Trinajstić information content (AvgIpc) is 2.09. The molecule has 1 rings (SSSR count). The quantitative estimate of drug-likeness (QED) is 0.827. The maximum Gasteiger partial charge on any atom is 0.280 e. The summed E-state index contributed by atoms with van der Waals surface area (Å²) >= 11 is 5.65. The third-order valence-corrected chi connectivity index (χ3v) is 1.92. The Balaban J connectivity index is 3.30. The molecule has 1 aromatic heterocycles. The molecule has 0 spiro atoms. The van der Waals surface area contributed by atoms with Gasteiger partial charge in [0.15, 0.2) is 0 Å². The summed E-state index contributed by atoms with van der Waals surface area (Å²) in [6.45, 7) is 0. The lowest BCUT2D eigenvalue weighted by molar-refractivity contribution is 0.145. The number of anilines is 1. The Morgan fingerprint density at radius 3 is 2.79 bits per heavy atom. The van der Waals surface area contributed by atoms with Gasteiger partial charge < -0.3 is 5.73 Å². The minimum absolute atomic E-state index is 0.0402. The molecule has 1 aromatic rings. The van der Waals surface area contributed by atoms with Crippen LogP contribution >= 0.6 is 11.6 Å². The van der Waals surface area contributed by atoms with Crippen molar-refractivity contribution >= 4 is 17.4 Å². The SMILES string of the molecule is N#CCc1c(Cl)cc(N)nc1C(F)F. The van der Waals surface area contributed by atoms with Crippen LogP contribution < -0.4 is 5.73 Å². The topological polar surface area (TPSA) is 62.7 Å². The van der Waals surface area contributed by atoms with Gasteiger partial charge in [0.1, 0.15) is 11.5 Å². The van der Waals surface area contributed by atoms with E-state index in [1.165, 1.54) is 6.07 Å². The maximum atomic E-state index is 12.4. The molecule has 0 aliphatic heterocycles. The molecule has 14 heavy (non-hydrogen) atoms. The molecule has 0 radical (unpaired) electrons. The number of aromatic nitrogens is 1. The molecular formula is C8H6ClF2N3. The van der Waals surface area contributed by atoms with Gasteiger partial charge in [-0.15, -0.1) is 0 Å². The number of nitriles is 1. The van der Waals surface area contributed by atoms with Crippen LogP contribution in [0, 0.1) is 11.3 Å². The van der Waals surface area contributed by atoms with E-state index in [2.05, 4.69) is 4.98 Å². The van der Waals surface area contributed by atoms with Crippen LogP contribution in [0.2, 0.25) is 5.02 Å². The maximum absolute atomic E-state index is 12.4. The molecule has 0 bridgehead atoms. The molecular weight excluding hydrogens is 212 g/mol. The zero-order valence-corrected chi connectivity index (χ0v) is 7.72. The van der Waals surface area contributed by atoms with Crippen LogP contribution in [0.3, 0.4) is 0 Å². The van der Waals surface area contributed by atoms with E-state index >= 15 is 0 Å². The largest absolute Gasteiger partial charge is 0.384 e. The minimum atomic E-state index is -2.78. The highest BCUT2D eigenvalue weighted by Gasteiger charge is 2.18. The monoisotopic (exact) mass is 217 g/mol. The predicted molar refractivity (Wildman–Crippen MR) is 47.9 cm³/mol. The molecule has 74 valence electrons. The van der Waals surface area contributed by atoms with Gasteiger partial charge in [-0.1, -0.05) is 11.6 Å². The van der Waals surface area contributed by atoms with Crippen molar-refractivity contribution in [2.24, 2.45) is 0 Å². The lowest BCUT2D eigenvalue weighted by Crippen LogP contribution is -2.02. The third-order valence-electron chi connectivity index (χ3n) is 1.58. The number of alkyl halides is 2. The zero-order valence-electron chi connectivity index (χ0n) is 6.97. The first-order chi connectivity index (χ1) is 6.56. The van der Waals surface area contributed by atoms with Crippen molar-refractivity contribution in [3.05, 3.63) is 22.3 Å². The van der Waals surface area contributed by atoms with Gasteiger partial charge in [0, 0.05) is 5.56 Å². The lowest BCUT2D eigenvalue weighted by atomic mass is 10.1. The fourth-order valence-electron chi connectivity index (χ4n) is 1.01. The molecule has 0 saturated heterocycles. The zero-order chi connectivity index (χ0) is 10.7. The molecule has 0 aromatic carbocycles. The van der Waals surface area contributed by atoms with Gasteiger partial charge in [-0.3, -0.25) is 0 Å². The van der Waals surface area contributed by atoms with Crippen LogP contribution in [0.25, 0.3) is 0 Å². The Kier molecular flexibility index (Phi) is 3.20. The molecule has 0 aliphatic rings. The molecule has 1 heterocycles. The summed E-state index contributed by atoms with van der Waals surface area (Å²) in [5, 5.41) is 8.46. The molecule has 0 saturated carbocycles. The van der Waals surface area contributed by atoms with Gasteiger partial charge in [-0.2, -0.15) is 5.26 Å². The lowest BCUT2D eigenvalue weighted by Gasteiger charge is -2.07. The standard InChI is InChI=1S/C8H6ClF2N3/c9-5-3-6(13)14-7(8(10)11)4(5)1-2-12/h3,8H,1H2,(H2,13,14). The first-order valence-corrected chi connectivity index (χ1v) is 4.04. The Bertz CT molecular complexity index is 387. The summed E-state index contributed by atoms with van der Waals surface area (Å²) in [6, 6.07) is 2.99. The normalized spacial score (nSPS) is 10.2. The smallest absolute Gasteiger partial charge is 0.280 e. The number of nitrogens with zero attached hydrogens (tertiary/aromatic N) is 2. The molecule has 0 aliphatic carbocycles. The van der Waals surface area contributed by atoms with Crippen molar-refractivity contribution in [3.63, 3.8) is 0 Å². The highest BCUT2D eigenvalue weighted by molar-refractivity contribution is 6.31. The van der Waals surface area contributed by atoms with Crippen LogP contribution in [-0.4, -0.2) is 4.98 Å². The summed E-state index contributed by atoms with van der Waals surface area (Å²) in [4.78, 5) is 3.44. The van der Waals surface area contributed by atoms with E-state index < -0.39 is 12.1 Å². The average molecular weight is 218 g/mol. The molecule has 0 unspecified atom stereocenters. The molecule has 0 fully saturated rings. The van der Waals surface area contributed by atoms with E-state index in [1.807, 2.05) is 0 Å². The first kappa shape index (κ1) is 10.7. The summed E-state index contributed by atoms with van der Waals surface area (Å²) in [5.74, 6) is -0.0769. The van der Waals surface area contributed by atoms with Crippen molar-refractivity contribution in [2.75, 3.05) is 5.73 Å². The number of nitrogens with two attached hydrogens (primary N) is 1. The minimum Gasteiger partial charge on any atom is -0.384 e. The van der Waals surface area contributed by atoms with E-state index in [-0.39, 0.29) is 22.8 Å². The Labute approximate surface area is 84.1 Å². The van der Waals surface area contributed by atoms with Gasteiger partial charge in [-0.05, 0) is 6.07 Å². The molecule has 6 heteroatoms. The van der Waals surface area contributed by atoms with E-state index in [0.717, 1.165) is 0 Å². The number of halogens is 3. The third kappa shape index (κ3) is 2.09. The van der Waals surface area contributed by atoms with Crippen molar-refractivity contribution in [3.8, 4) is 6.07 Å². The van der Waals surface area contributed by atoms with Gasteiger partial charge in [0.05, 0.1) is 17.5 Å². The van der Waals surface area contributed by atoms with Crippen molar-refractivity contribution in [2.45, 2.75) is 12.8 Å². The fourth-order valence-corrected chi connectivity index (χ4v) is 1.29. The van der Waals surface area contributed by atoms with Gasteiger partial charge >= 0.3 is 0 Å². The number of rotatable bonds is 2. The Morgan fingerprint density at radius 1 is 1.64 bits per heavy atom. The fraction of sp³-hybridized carbons (Fsp3) is 0.250. The highest BCUT2D eigenvalue weighted by Crippen LogP contribution is 2.28. The Morgan fingerprint density at radius 2 is 2.29 bits per heavy atom. The van der Waals surface area contributed by atoms with Gasteiger partial charge in [0.25, 0.3) is 6.43 Å². The highest BCUT2D eigenvalue weighted by atomic mass is 35.5. The van der Waals surface area contributed by atoms with Crippen LogP contribution in [0.5, 0.6) is 0 Å². The second kappa shape index (κ2) is 4.20.